The molecule has 1 aromatic heterocycles. The van der Waals surface area contributed by atoms with Crippen LogP contribution in [-0.4, -0.2) is 60.9 Å². The molecule has 0 unspecified atom stereocenters. The van der Waals surface area contributed by atoms with Crippen LogP contribution in [0.4, 0.5) is 9.52 Å². The van der Waals surface area contributed by atoms with Gasteiger partial charge in [0, 0.05) is 37.5 Å². The van der Waals surface area contributed by atoms with E-state index in [1.165, 1.54) is 12.1 Å². The zero-order chi connectivity index (χ0) is 22.2. The van der Waals surface area contributed by atoms with Crippen molar-refractivity contribution in [3.8, 4) is 0 Å². The number of anilines is 1. The summed E-state index contributed by atoms with van der Waals surface area (Å²) < 4.78 is 19.6. The highest BCUT2D eigenvalue weighted by Gasteiger charge is 2.20. The molecule has 0 radical (unpaired) electrons. The molecule has 178 valence electrons. The summed E-state index contributed by atoms with van der Waals surface area (Å²) in [6.45, 7) is 5.10. The lowest BCUT2D eigenvalue weighted by atomic mass is 10.2. The van der Waals surface area contributed by atoms with E-state index in [1.807, 2.05) is 29.2 Å². The van der Waals surface area contributed by atoms with Crippen molar-refractivity contribution in [2.24, 2.45) is 0 Å². The van der Waals surface area contributed by atoms with Gasteiger partial charge in [0.05, 0.1) is 23.4 Å². The van der Waals surface area contributed by atoms with Crippen molar-refractivity contribution in [1.29, 1.82) is 0 Å². The van der Waals surface area contributed by atoms with Crippen LogP contribution in [-0.2, 0) is 9.53 Å². The van der Waals surface area contributed by atoms with E-state index in [1.54, 1.807) is 35.2 Å². The topological polar surface area (TPSA) is 45.7 Å². The summed E-state index contributed by atoms with van der Waals surface area (Å²) in [5, 5.41) is 0.782. The number of amides is 1. The molecule has 4 rings (SSSR count). The molecule has 5 nitrogen and oxygen atoms in total. The van der Waals surface area contributed by atoms with E-state index in [-0.39, 0.29) is 24.1 Å². The van der Waals surface area contributed by atoms with Crippen LogP contribution in [0.25, 0.3) is 10.2 Å². The van der Waals surface area contributed by atoms with Gasteiger partial charge in [-0.15, -0.1) is 24.2 Å². The molecule has 33 heavy (non-hydrogen) atoms. The van der Waals surface area contributed by atoms with E-state index in [9.17, 15) is 9.18 Å². The first kappa shape index (κ1) is 25.9. The molecule has 0 aliphatic carbocycles. The first-order valence-corrected chi connectivity index (χ1v) is 12.8. The third-order valence-corrected chi connectivity index (χ3v) is 7.55. The molecule has 1 aliphatic heterocycles. The molecule has 2 heterocycles. The van der Waals surface area contributed by atoms with Crippen molar-refractivity contribution in [3.05, 3.63) is 54.3 Å². The van der Waals surface area contributed by atoms with Gasteiger partial charge in [-0.2, -0.15) is 0 Å². The predicted molar refractivity (Wildman–Crippen MR) is 137 cm³/mol. The van der Waals surface area contributed by atoms with E-state index in [2.05, 4.69) is 4.90 Å². The van der Waals surface area contributed by atoms with Crippen molar-refractivity contribution >= 4 is 56.8 Å². The summed E-state index contributed by atoms with van der Waals surface area (Å²) in [5.74, 6) is 0.706. The maximum Gasteiger partial charge on any atom is 0.228 e. The summed E-state index contributed by atoms with van der Waals surface area (Å²) >= 11 is 3.23. The van der Waals surface area contributed by atoms with E-state index in [4.69, 9.17) is 9.72 Å². The number of carbonyl (C=O) groups excluding carboxylic acids is 1. The van der Waals surface area contributed by atoms with Gasteiger partial charge >= 0.3 is 0 Å². The molecule has 0 N–H and O–H groups in total. The van der Waals surface area contributed by atoms with Crippen LogP contribution in [0.1, 0.15) is 19.3 Å². The summed E-state index contributed by atoms with van der Waals surface area (Å²) in [7, 11) is 0. The lowest BCUT2D eigenvalue weighted by molar-refractivity contribution is -0.118. The summed E-state index contributed by atoms with van der Waals surface area (Å²) in [5.41, 5.74) is 0.936. The number of carbonyl (C=O) groups is 1. The van der Waals surface area contributed by atoms with Crippen molar-refractivity contribution in [1.82, 2.24) is 9.88 Å². The monoisotopic (exact) mass is 509 g/mol. The number of rotatable bonds is 10. The Hall–Kier alpha value is -1.71. The number of benzene rings is 2. The van der Waals surface area contributed by atoms with Crippen LogP contribution in [0.15, 0.2) is 53.4 Å². The van der Waals surface area contributed by atoms with E-state index in [0.29, 0.717) is 13.0 Å². The fourth-order valence-corrected chi connectivity index (χ4v) is 5.52. The standard InChI is InChI=1S/C24H28FN3O2S2.ClH/c25-19-8-10-20(11-9-19)31-18-3-7-23(29)28(13-4-12-27-14-16-30-17-15-27)24-26-21-5-1-2-6-22(21)32-24;/h1-2,5-6,8-11H,3-4,7,12-18H2;1H. The number of thiazole rings is 1. The molecule has 0 atom stereocenters. The Bertz CT molecular complexity index is 979. The average Bonchev–Trinajstić information content (AvgIpc) is 3.25. The Labute approximate surface area is 208 Å². The first-order chi connectivity index (χ1) is 15.7. The molecule has 0 spiro atoms. The molecule has 1 amide bonds. The Balaban J connectivity index is 0.00000306. The zero-order valence-electron chi connectivity index (χ0n) is 18.5. The van der Waals surface area contributed by atoms with Crippen molar-refractivity contribution in [2.45, 2.75) is 24.2 Å². The van der Waals surface area contributed by atoms with Crippen molar-refractivity contribution in [2.75, 3.05) is 50.0 Å². The Kier molecular flexibility index (Phi) is 10.4. The largest absolute Gasteiger partial charge is 0.379 e. The number of morpholine rings is 1. The SMILES string of the molecule is Cl.O=C(CCCSc1ccc(F)cc1)N(CCCN1CCOCC1)c1nc2ccccc2s1. The lowest BCUT2D eigenvalue weighted by Gasteiger charge is -2.27. The smallest absolute Gasteiger partial charge is 0.228 e. The predicted octanol–water partition coefficient (Wildman–Crippen LogP) is 5.49. The fraction of sp³-hybridized carbons (Fsp3) is 0.417. The minimum absolute atomic E-state index is 0. The highest BCUT2D eigenvalue weighted by atomic mass is 35.5. The molecular weight excluding hydrogens is 481 g/mol. The van der Waals surface area contributed by atoms with E-state index >= 15 is 0 Å². The number of aromatic nitrogens is 1. The Morgan fingerprint density at radius 2 is 1.88 bits per heavy atom. The third-order valence-electron chi connectivity index (χ3n) is 5.39. The van der Waals surface area contributed by atoms with Gasteiger partial charge < -0.3 is 4.74 Å². The van der Waals surface area contributed by atoms with Crippen LogP contribution < -0.4 is 4.90 Å². The molecule has 3 aromatic rings. The van der Waals surface area contributed by atoms with Crippen LogP contribution >= 0.6 is 35.5 Å². The van der Waals surface area contributed by atoms with Crippen LogP contribution in [0, 0.1) is 5.82 Å². The number of hydrogen-bond acceptors (Lipinski definition) is 6. The number of fused-ring (bicyclic) bond motifs is 1. The van der Waals surface area contributed by atoms with Crippen molar-refractivity contribution < 1.29 is 13.9 Å². The Morgan fingerprint density at radius 3 is 2.64 bits per heavy atom. The summed E-state index contributed by atoms with van der Waals surface area (Å²) in [4.78, 5) is 23.2. The fourth-order valence-electron chi connectivity index (χ4n) is 3.66. The molecule has 1 fully saturated rings. The van der Waals surface area contributed by atoms with Crippen LogP contribution in [0.2, 0.25) is 0 Å². The van der Waals surface area contributed by atoms with Crippen molar-refractivity contribution in [3.63, 3.8) is 0 Å². The summed E-state index contributed by atoms with van der Waals surface area (Å²) in [6.07, 6.45) is 2.15. The van der Waals surface area contributed by atoms with Crippen LogP contribution in [0.3, 0.4) is 0 Å². The molecule has 9 heteroatoms. The number of halogens is 2. The molecule has 0 saturated carbocycles. The van der Waals surface area contributed by atoms with Gasteiger partial charge in [0.1, 0.15) is 5.82 Å². The minimum Gasteiger partial charge on any atom is -0.379 e. The number of para-hydroxylation sites is 1. The second-order valence-electron chi connectivity index (χ2n) is 7.72. The number of thioether (sulfide) groups is 1. The number of ether oxygens (including phenoxy) is 1. The van der Waals surface area contributed by atoms with Gasteiger partial charge in [0.2, 0.25) is 5.91 Å². The van der Waals surface area contributed by atoms with E-state index in [0.717, 1.165) is 71.7 Å². The second kappa shape index (κ2) is 13.2. The van der Waals surface area contributed by atoms with Gasteiger partial charge in [0.15, 0.2) is 5.13 Å². The van der Waals surface area contributed by atoms with E-state index < -0.39 is 0 Å². The Morgan fingerprint density at radius 1 is 1.12 bits per heavy atom. The first-order valence-electron chi connectivity index (χ1n) is 11.0. The average molecular weight is 510 g/mol. The second-order valence-corrected chi connectivity index (χ2v) is 9.90. The number of hydrogen-bond donors (Lipinski definition) is 0. The van der Waals surface area contributed by atoms with Gasteiger partial charge in [-0.1, -0.05) is 23.5 Å². The molecular formula is C24H29ClFN3O2S2. The summed E-state index contributed by atoms with van der Waals surface area (Å²) in [6, 6.07) is 14.5. The normalized spacial score (nSPS) is 14.2. The highest BCUT2D eigenvalue weighted by molar-refractivity contribution is 7.99. The molecule has 1 saturated heterocycles. The lowest BCUT2D eigenvalue weighted by Crippen LogP contribution is -2.39. The van der Waals surface area contributed by atoms with Gasteiger partial charge in [-0.25, -0.2) is 9.37 Å². The number of nitrogens with zero attached hydrogens (tertiary/aromatic N) is 3. The van der Waals surface area contributed by atoms with Gasteiger partial charge in [-0.05, 0) is 55.0 Å². The highest BCUT2D eigenvalue weighted by Crippen LogP contribution is 2.29. The minimum atomic E-state index is -0.229. The van der Waals surface area contributed by atoms with Gasteiger partial charge in [0.25, 0.3) is 0 Å². The molecule has 0 bridgehead atoms. The zero-order valence-corrected chi connectivity index (χ0v) is 20.9. The maximum absolute atomic E-state index is 13.2. The third kappa shape index (κ3) is 7.65. The molecule has 1 aliphatic rings. The van der Waals surface area contributed by atoms with Gasteiger partial charge in [-0.3, -0.25) is 14.6 Å². The van der Waals surface area contributed by atoms with Crippen LogP contribution in [0.5, 0.6) is 0 Å². The maximum atomic E-state index is 13.2. The quantitative estimate of drug-likeness (QED) is 0.267. The molecule has 2 aromatic carbocycles.